The van der Waals surface area contributed by atoms with Gasteiger partial charge in [-0.15, -0.1) is 10.2 Å². The first kappa shape index (κ1) is 13.0. The third-order valence-corrected chi connectivity index (χ3v) is 3.39. The second-order valence-corrected chi connectivity index (χ2v) is 4.64. The van der Waals surface area contributed by atoms with Gasteiger partial charge in [0.2, 0.25) is 5.91 Å². The van der Waals surface area contributed by atoms with Gasteiger partial charge >= 0.3 is 0 Å². The van der Waals surface area contributed by atoms with E-state index in [2.05, 4.69) is 10.2 Å². The highest BCUT2D eigenvalue weighted by Crippen LogP contribution is 2.29. The summed E-state index contributed by atoms with van der Waals surface area (Å²) in [4.78, 5) is 14.1. The highest BCUT2D eigenvalue weighted by Gasteiger charge is 2.30. The van der Waals surface area contributed by atoms with E-state index in [0.29, 0.717) is 13.0 Å². The number of likely N-dealkylation sites (tertiary alicyclic amines) is 1. The Morgan fingerprint density at radius 3 is 3.06 bits per heavy atom. The van der Waals surface area contributed by atoms with Gasteiger partial charge in [-0.1, -0.05) is 0 Å². The molecule has 2 heterocycles. The normalized spacial score (nSPS) is 20.1. The fourth-order valence-corrected chi connectivity index (χ4v) is 2.43. The molecule has 1 amide bonds. The Labute approximate surface area is 107 Å². The summed E-state index contributed by atoms with van der Waals surface area (Å²) in [5, 5.41) is 8.04. The van der Waals surface area contributed by atoms with E-state index in [0.717, 1.165) is 31.6 Å². The van der Waals surface area contributed by atoms with E-state index in [1.54, 1.807) is 13.4 Å². The first-order chi connectivity index (χ1) is 8.74. The van der Waals surface area contributed by atoms with E-state index in [1.165, 1.54) is 0 Å². The molecule has 1 aliphatic heterocycles. The van der Waals surface area contributed by atoms with Crippen molar-refractivity contribution in [3.05, 3.63) is 12.2 Å². The largest absolute Gasteiger partial charge is 0.384 e. The van der Waals surface area contributed by atoms with Gasteiger partial charge in [0.25, 0.3) is 0 Å². The van der Waals surface area contributed by atoms with Crippen LogP contribution in [0.15, 0.2) is 6.33 Å². The summed E-state index contributed by atoms with van der Waals surface area (Å²) in [5.74, 6) is 1.02. The maximum atomic E-state index is 12.2. The summed E-state index contributed by atoms with van der Waals surface area (Å²) in [6.45, 7) is 1.28. The van der Waals surface area contributed by atoms with Crippen LogP contribution in [0.2, 0.25) is 0 Å². The number of methoxy groups -OCH3 is 1. The van der Waals surface area contributed by atoms with E-state index in [-0.39, 0.29) is 11.9 Å². The van der Waals surface area contributed by atoms with Crippen molar-refractivity contribution in [2.24, 2.45) is 7.05 Å². The number of hydrogen-bond donors (Lipinski definition) is 0. The number of aromatic nitrogens is 3. The average Bonchev–Trinajstić information content (AvgIpc) is 2.82. The molecule has 0 aromatic carbocycles. The van der Waals surface area contributed by atoms with E-state index in [4.69, 9.17) is 4.74 Å². The quantitative estimate of drug-likeness (QED) is 0.799. The molecule has 1 atom stereocenters. The molecule has 1 aromatic heterocycles. The van der Waals surface area contributed by atoms with Gasteiger partial charge in [-0.2, -0.15) is 0 Å². The van der Waals surface area contributed by atoms with Crippen molar-refractivity contribution in [1.29, 1.82) is 0 Å². The Kier molecular flexibility index (Phi) is 4.30. The number of carbonyl (C=O) groups is 1. The molecule has 0 bridgehead atoms. The van der Waals surface area contributed by atoms with Crippen LogP contribution in [0.3, 0.4) is 0 Å². The Morgan fingerprint density at radius 2 is 2.39 bits per heavy atom. The first-order valence-electron chi connectivity index (χ1n) is 6.36. The highest BCUT2D eigenvalue weighted by atomic mass is 16.5. The fraction of sp³-hybridized carbons (Fsp3) is 0.750. The average molecular weight is 252 g/mol. The topological polar surface area (TPSA) is 60.2 Å². The monoisotopic (exact) mass is 252 g/mol. The molecular formula is C12H20N4O2. The number of nitrogens with zero attached hydrogens (tertiary/aromatic N) is 4. The SMILES string of the molecule is COCCC(=O)N1CCCCC1c1nncn1C. The Hall–Kier alpha value is -1.43. The lowest BCUT2D eigenvalue weighted by Crippen LogP contribution is -2.39. The van der Waals surface area contributed by atoms with Crippen LogP contribution in [0.4, 0.5) is 0 Å². The van der Waals surface area contributed by atoms with Crippen LogP contribution in [0.25, 0.3) is 0 Å². The first-order valence-corrected chi connectivity index (χ1v) is 6.36. The predicted octanol–water partition coefficient (Wildman–Crippen LogP) is 0.905. The van der Waals surface area contributed by atoms with Crippen LogP contribution < -0.4 is 0 Å². The lowest BCUT2D eigenvalue weighted by atomic mass is 10.0. The molecule has 0 spiro atoms. The van der Waals surface area contributed by atoms with Gasteiger partial charge in [-0.05, 0) is 19.3 Å². The fourth-order valence-electron chi connectivity index (χ4n) is 2.43. The highest BCUT2D eigenvalue weighted by molar-refractivity contribution is 5.76. The van der Waals surface area contributed by atoms with Crippen LogP contribution in [-0.2, 0) is 16.6 Å². The second kappa shape index (κ2) is 5.95. The van der Waals surface area contributed by atoms with Crippen molar-refractivity contribution in [3.63, 3.8) is 0 Å². The molecule has 0 N–H and O–H groups in total. The van der Waals surface area contributed by atoms with Crippen molar-refractivity contribution in [1.82, 2.24) is 19.7 Å². The zero-order valence-corrected chi connectivity index (χ0v) is 11.0. The predicted molar refractivity (Wildman–Crippen MR) is 65.8 cm³/mol. The molecule has 1 fully saturated rings. The summed E-state index contributed by atoms with van der Waals surface area (Å²) < 4.78 is 6.87. The molecule has 0 saturated carbocycles. The maximum Gasteiger partial charge on any atom is 0.225 e. The van der Waals surface area contributed by atoms with Crippen molar-refractivity contribution in [3.8, 4) is 0 Å². The molecule has 1 unspecified atom stereocenters. The zero-order valence-electron chi connectivity index (χ0n) is 11.0. The van der Waals surface area contributed by atoms with Gasteiger partial charge in [0.1, 0.15) is 6.33 Å². The summed E-state index contributed by atoms with van der Waals surface area (Å²) in [7, 11) is 3.53. The lowest BCUT2D eigenvalue weighted by Gasteiger charge is -2.35. The van der Waals surface area contributed by atoms with Crippen molar-refractivity contribution in [2.75, 3.05) is 20.3 Å². The minimum atomic E-state index is 0.0654. The Bertz CT molecular complexity index is 405. The molecular weight excluding hydrogens is 232 g/mol. The van der Waals surface area contributed by atoms with Crippen molar-refractivity contribution in [2.45, 2.75) is 31.7 Å². The molecule has 0 radical (unpaired) electrons. The Morgan fingerprint density at radius 1 is 1.56 bits per heavy atom. The standard InChI is InChI=1S/C12H20N4O2/c1-15-9-13-14-12(15)10-5-3-4-7-16(10)11(17)6-8-18-2/h9-10H,3-8H2,1-2H3. The molecule has 18 heavy (non-hydrogen) atoms. The van der Waals surface area contributed by atoms with Crippen LogP contribution in [0.5, 0.6) is 0 Å². The van der Waals surface area contributed by atoms with Crippen molar-refractivity contribution < 1.29 is 9.53 Å². The smallest absolute Gasteiger partial charge is 0.225 e. The number of rotatable bonds is 4. The Balaban J connectivity index is 2.11. The van der Waals surface area contributed by atoms with Crippen LogP contribution >= 0.6 is 0 Å². The minimum absolute atomic E-state index is 0.0654. The maximum absolute atomic E-state index is 12.2. The molecule has 100 valence electrons. The molecule has 2 rings (SSSR count). The van der Waals surface area contributed by atoms with E-state index in [1.807, 2.05) is 16.5 Å². The van der Waals surface area contributed by atoms with Crippen LogP contribution in [0.1, 0.15) is 37.5 Å². The third kappa shape index (κ3) is 2.69. The number of piperidine rings is 1. The number of hydrogen-bond acceptors (Lipinski definition) is 4. The van der Waals surface area contributed by atoms with Gasteiger partial charge < -0.3 is 14.2 Å². The molecule has 1 saturated heterocycles. The number of aryl methyl sites for hydroxylation is 1. The molecule has 0 aliphatic carbocycles. The van der Waals surface area contributed by atoms with Crippen LogP contribution in [-0.4, -0.2) is 45.8 Å². The molecule has 1 aliphatic rings. The van der Waals surface area contributed by atoms with Crippen LogP contribution in [0, 0.1) is 0 Å². The van der Waals surface area contributed by atoms with Crippen molar-refractivity contribution >= 4 is 5.91 Å². The van der Waals surface area contributed by atoms with E-state index >= 15 is 0 Å². The van der Waals surface area contributed by atoms with Gasteiger partial charge in [0, 0.05) is 20.7 Å². The number of carbonyl (C=O) groups excluding carboxylic acids is 1. The summed E-state index contributed by atoms with van der Waals surface area (Å²) >= 11 is 0. The molecule has 1 aromatic rings. The van der Waals surface area contributed by atoms with E-state index in [9.17, 15) is 4.79 Å². The third-order valence-electron chi connectivity index (χ3n) is 3.39. The summed E-state index contributed by atoms with van der Waals surface area (Å²) in [6, 6.07) is 0.0654. The minimum Gasteiger partial charge on any atom is -0.384 e. The second-order valence-electron chi connectivity index (χ2n) is 4.64. The van der Waals surface area contributed by atoms with Gasteiger partial charge in [-0.25, -0.2) is 0 Å². The summed E-state index contributed by atoms with van der Waals surface area (Å²) in [6.07, 6.45) is 5.27. The molecule has 6 nitrogen and oxygen atoms in total. The van der Waals surface area contributed by atoms with E-state index < -0.39 is 0 Å². The summed E-state index contributed by atoms with van der Waals surface area (Å²) in [5.41, 5.74) is 0. The zero-order chi connectivity index (χ0) is 13.0. The number of amides is 1. The lowest BCUT2D eigenvalue weighted by molar-refractivity contribution is -0.136. The van der Waals surface area contributed by atoms with Gasteiger partial charge in [-0.3, -0.25) is 4.79 Å². The van der Waals surface area contributed by atoms with Gasteiger partial charge in [0.15, 0.2) is 5.82 Å². The molecule has 6 heteroatoms. The van der Waals surface area contributed by atoms with Gasteiger partial charge in [0.05, 0.1) is 19.1 Å². The number of ether oxygens (including phenoxy) is 1.